The summed E-state index contributed by atoms with van der Waals surface area (Å²) in [7, 11) is 0. The van der Waals surface area contributed by atoms with Crippen LogP contribution in [0.1, 0.15) is 0 Å². The first-order valence-electron chi connectivity index (χ1n) is 43.9. The van der Waals surface area contributed by atoms with Crippen molar-refractivity contribution in [2.24, 2.45) is 0 Å². The summed E-state index contributed by atoms with van der Waals surface area (Å²) in [6.45, 7) is 0. The molecule has 22 rings (SSSR count). The van der Waals surface area contributed by atoms with Crippen molar-refractivity contribution in [3.05, 3.63) is 485 Å². The fraction of sp³-hybridized carbons (Fsp3) is 0. The molecule has 18 aromatic carbocycles. The molecule has 0 fully saturated rings. The highest BCUT2D eigenvalue weighted by Gasteiger charge is 2.22. The number of aromatic nitrogens is 12. The van der Waals surface area contributed by atoms with Gasteiger partial charge in [0.25, 0.3) is 0 Å². The molecule has 12 heteroatoms. The van der Waals surface area contributed by atoms with Crippen LogP contribution in [0.3, 0.4) is 0 Å². The van der Waals surface area contributed by atoms with Gasteiger partial charge < -0.3 is 0 Å². The van der Waals surface area contributed by atoms with Gasteiger partial charge in [-0.15, -0.1) is 0 Å². The molecule has 0 bridgehead atoms. The minimum Gasteiger partial charge on any atom is -0.208 e. The predicted octanol–water partition coefficient (Wildman–Crippen LogP) is 29.5. The zero-order chi connectivity index (χ0) is 88.1. The number of hydrogen-bond donors (Lipinski definition) is 0. The van der Waals surface area contributed by atoms with Gasteiger partial charge in [0.1, 0.15) is 0 Å². The van der Waals surface area contributed by atoms with Gasteiger partial charge in [-0.1, -0.05) is 437 Å². The summed E-state index contributed by atoms with van der Waals surface area (Å²) in [5, 5.41) is 0. The maximum atomic E-state index is 5.19. The number of rotatable bonds is 20. The molecule has 4 heterocycles. The van der Waals surface area contributed by atoms with Crippen molar-refractivity contribution in [2.45, 2.75) is 0 Å². The average molecular weight is 1690 g/mol. The second kappa shape index (κ2) is 37.7. The van der Waals surface area contributed by atoms with Crippen molar-refractivity contribution in [1.29, 1.82) is 0 Å². The molecule has 620 valence electrons. The molecule has 4 aromatic heterocycles. The largest absolute Gasteiger partial charge is 0.208 e. The highest BCUT2D eigenvalue weighted by atomic mass is 15.1. The van der Waals surface area contributed by atoms with Crippen LogP contribution in [0.25, 0.3) is 226 Å². The summed E-state index contributed by atoms with van der Waals surface area (Å²) in [4.78, 5) is 60.4. The quantitative estimate of drug-likeness (QED) is 0.0713. The van der Waals surface area contributed by atoms with Crippen molar-refractivity contribution in [1.82, 2.24) is 59.8 Å². The fourth-order valence-corrected chi connectivity index (χ4v) is 16.4. The fourth-order valence-electron chi connectivity index (χ4n) is 16.4. The van der Waals surface area contributed by atoms with Gasteiger partial charge in [-0.05, 0) is 138 Å². The Morgan fingerprint density at radius 1 is 0.0758 bits per heavy atom. The first-order valence-corrected chi connectivity index (χ1v) is 43.9. The number of benzene rings is 18. The SMILES string of the molecule is c1ccc(-c2ccc(-c3cccc(-c4nc(-c5ccccc5)nc(-c5cccc(-c6cccc(-c7cccc(-c8cccc(-c9nc(-c%10ccccc%10)nc(-c%10ccccc%10)n9)c8)c7)c6)c5)n4)c3)cc2)cc1.c1ccc(-c2cccc(-c3ccccc3-c3nc(-c4ccccc4)nc(-c4cccc(-c5cccc(-c6nc(-c7ccccc7)nc(-c7ccccc7)n6)c5)c4)n3)c2)cc1. The van der Waals surface area contributed by atoms with Crippen LogP contribution in [0.4, 0.5) is 0 Å². The van der Waals surface area contributed by atoms with E-state index in [9.17, 15) is 0 Å². The molecule has 0 aliphatic carbocycles. The molecular weight excluding hydrogens is 1610 g/mol. The summed E-state index contributed by atoms with van der Waals surface area (Å²) >= 11 is 0. The maximum Gasteiger partial charge on any atom is 0.164 e. The van der Waals surface area contributed by atoms with Crippen LogP contribution in [0.5, 0.6) is 0 Å². The van der Waals surface area contributed by atoms with E-state index in [0.29, 0.717) is 69.9 Å². The molecule has 0 spiro atoms. The third-order valence-electron chi connectivity index (χ3n) is 23.2. The predicted molar refractivity (Wildman–Crippen MR) is 535 cm³/mol. The van der Waals surface area contributed by atoms with Crippen LogP contribution in [0.15, 0.2) is 485 Å². The number of hydrogen-bond acceptors (Lipinski definition) is 12. The van der Waals surface area contributed by atoms with Crippen LogP contribution < -0.4 is 0 Å². The number of nitrogens with zero attached hydrogens (tertiary/aromatic N) is 12. The van der Waals surface area contributed by atoms with Crippen molar-refractivity contribution in [2.75, 3.05) is 0 Å². The van der Waals surface area contributed by atoms with Crippen molar-refractivity contribution < 1.29 is 0 Å². The second-order valence-electron chi connectivity index (χ2n) is 31.9. The standard InChI is InChI=1S/C66H44N6.C54H36N6/c1-5-18-45(19-6-1)46-36-38-47(39-37-46)51-26-15-33-58(42-51)65-70-63(50-24-11-4-12-25-50)71-66(72-65)60-35-17-32-57(44-60)55-30-14-28-53(41-55)52-27-13-29-54(40-52)56-31-16-34-59(43-56)64-68-61(48-20-7-2-8-21-48)67-62(69-64)49-22-9-3-10-23-49;1-5-18-37(19-6-1)41-26-15-29-44(34-41)47-32-13-14-33-48(47)54-59-51(40-24-11-4-12-25-40)58-53(60-54)46-31-17-28-43(36-46)42-27-16-30-45(35-42)52-56-49(38-20-7-2-8-21-38)55-50(57-52)39-22-9-3-10-23-39/h1-44H;1-36H. The van der Waals surface area contributed by atoms with E-state index < -0.39 is 0 Å². The van der Waals surface area contributed by atoms with Crippen molar-refractivity contribution >= 4 is 0 Å². The van der Waals surface area contributed by atoms with Gasteiger partial charge in [0.15, 0.2) is 69.9 Å². The average Bonchev–Trinajstić information content (AvgIpc) is 0.752. The third kappa shape index (κ3) is 18.2. The molecule has 0 unspecified atom stereocenters. The van der Waals surface area contributed by atoms with E-state index in [1.807, 2.05) is 212 Å². The highest BCUT2D eigenvalue weighted by Crippen LogP contribution is 2.40. The van der Waals surface area contributed by atoms with E-state index in [2.05, 4.69) is 273 Å². The first-order chi connectivity index (χ1) is 65.3. The lowest BCUT2D eigenvalue weighted by molar-refractivity contribution is 1.07. The van der Waals surface area contributed by atoms with Gasteiger partial charge >= 0.3 is 0 Å². The molecule has 0 atom stereocenters. The molecule has 0 aliphatic rings. The normalized spacial score (nSPS) is 11.0. The van der Waals surface area contributed by atoms with E-state index in [1.165, 1.54) is 16.7 Å². The summed E-state index contributed by atoms with van der Waals surface area (Å²) in [5.74, 6) is 7.37. The van der Waals surface area contributed by atoms with E-state index >= 15 is 0 Å². The van der Waals surface area contributed by atoms with Crippen LogP contribution in [-0.2, 0) is 0 Å². The molecule has 0 N–H and O–H groups in total. The molecule has 0 radical (unpaired) electrons. The summed E-state index contributed by atoms with van der Waals surface area (Å²) in [6, 6.07) is 166. The van der Waals surface area contributed by atoms with Gasteiger partial charge in [-0.2, -0.15) is 0 Å². The molecule has 22 aromatic rings. The Bertz CT molecular complexity index is 7740. The maximum absolute atomic E-state index is 5.19. The Morgan fingerprint density at radius 3 is 0.439 bits per heavy atom. The summed E-state index contributed by atoms with van der Waals surface area (Å²) < 4.78 is 0. The lowest BCUT2D eigenvalue weighted by Crippen LogP contribution is -2.01. The Kier molecular flexibility index (Phi) is 23.1. The molecule has 0 saturated carbocycles. The lowest BCUT2D eigenvalue weighted by Gasteiger charge is -2.13. The topological polar surface area (TPSA) is 155 Å². The monoisotopic (exact) mass is 1690 g/mol. The Morgan fingerprint density at radius 2 is 0.205 bits per heavy atom. The zero-order valence-electron chi connectivity index (χ0n) is 71.6. The molecule has 0 saturated heterocycles. The minimum atomic E-state index is 0.585. The van der Waals surface area contributed by atoms with Gasteiger partial charge in [-0.25, -0.2) is 59.8 Å². The second-order valence-corrected chi connectivity index (χ2v) is 31.9. The summed E-state index contributed by atoms with van der Waals surface area (Å²) in [5.41, 5.74) is 28.6. The van der Waals surface area contributed by atoms with Crippen molar-refractivity contribution in [3.63, 3.8) is 0 Å². The van der Waals surface area contributed by atoms with Gasteiger partial charge in [0.2, 0.25) is 0 Å². The molecule has 132 heavy (non-hydrogen) atoms. The van der Waals surface area contributed by atoms with Crippen LogP contribution in [0, 0.1) is 0 Å². The molecule has 0 amide bonds. The molecule has 12 nitrogen and oxygen atoms in total. The zero-order valence-corrected chi connectivity index (χ0v) is 71.6. The van der Waals surface area contributed by atoms with E-state index in [4.69, 9.17) is 59.8 Å². The Balaban J connectivity index is 0.000000162. The Labute approximate surface area is 765 Å². The van der Waals surface area contributed by atoms with Crippen LogP contribution >= 0.6 is 0 Å². The van der Waals surface area contributed by atoms with E-state index in [0.717, 1.165) is 139 Å². The van der Waals surface area contributed by atoms with E-state index in [-0.39, 0.29) is 0 Å². The lowest BCUT2D eigenvalue weighted by atomic mass is 9.95. The Hall–Kier alpha value is -18.0. The molecule has 0 aliphatic heterocycles. The van der Waals surface area contributed by atoms with E-state index in [1.54, 1.807) is 0 Å². The molecular formula is C120H80N12. The van der Waals surface area contributed by atoms with Crippen molar-refractivity contribution in [3.8, 4) is 226 Å². The van der Waals surface area contributed by atoms with Gasteiger partial charge in [0, 0.05) is 66.8 Å². The smallest absolute Gasteiger partial charge is 0.164 e. The van der Waals surface area contributed by atoms with Gasteiger partial charge in [0.05, 0.1) is 0 Å². The van der Waals surface area contributed by atoms with Gasteiger partial charge in [-0.3, -0.25) is 0 Å². The third-order valence-corrected chi connectivity index (χ3v) is 23.2. The first kappa shape index (κ1) is 81.1. The van der Waals surface area contributed by atoms with Crippen LogP contribution in [-0.4, -0.2) is 59.8 Å². The van der Waals surface area contributed by atoms with Crippen LogP contribution in [0.2, 0.25) is 0 Å². The summed E-state index contributed by atoms with van der Waals surface area (Å²) in [6.07, 6.45) is 0. The minimum absolute atomic E-state index is 0.585. The highest BCUT2D eigenvalue weighted by molar-refractivity contribution is 5.87.